The Morgan fingerprint density at radius 2 is 2.05 bits per heavy atom. The van der Waals surface area contributed by atoms with E-state index in [0.717, 1.165) is 17.9 Å². The molecule has 3 N–H and O–H groups in total. The van der Waals surface area contributed by atoms with Gasteiger partial charge in [-0.05, 0) is 11.8 Å². The zero-order valence-electron chi connectivity index (χ0n) is 12.7. The van der Waals surface area contributed by atoms with Crippen LogP contribution in [-0.4, -0.2) is 23.1 Å². The molecule has 0 unspecified atom stereocenters. The van der Waals surface area contributed by atoms with Gasteiger partial charge in [0, 0.05) is 18.7 Å². The number of nitrogens with one attached hydrogen (secondary N) is 1. The second-order valence-corrected chi connectivity index (χ2v) is 5.51. The molecule has 1 heterocycles. The molecule has 6 heteroatoms. The van der Waals surface area contributed by atoms with Crippen molar-refractivity contribution < 1.29 is 0 Å². The molecule has 0 fully saturated rings. The number of aromatic nitrogens is 2. The highest BCUT2D eigenvalue weighted by molar-refractivity contribution is 5.60. The highest BCUT2D eigenvalue weighted by Gasteiger charge is 2.20. The zero-order valence-corrected chi connectivity index (χ0v) is 12.7. The van der Waals surface area contributed by atoms with E-state index in [1.54, 1.807) is 0 Å². The lowest BCUT2D eigenvalue weighted by Gasteiger charge is -2.28. The van der Waals surface area contributed by atoms with Crippen molar-refractivity contribution in [2.45, 2.75) is 40.0 Å². The van der Waals surface area contributed by atoms with Gasteiger partial charge in [0.1, 0.15) is 18.0 Å². The van der Waals surface area contributed by atoms with Crippen LogP contribution >= 0.6 is 0 Å². The predicted molar refractivity (Wildman–Crippen MR) is 81.2 cm³/mol. The molecule has 0 atom stereocenters. The highest BCUT2D eigenvalue weighted by atomic mass is 15.3. The van der Waals surface area contributed by atoms with Crippen LogP contribution in [-0.2, 0) is 0 Å². The molecule has 1 rings (SSSR count). The zero-order chi connectivity index (χ0) is 15.1. The SMILES string of the molecule is CC(C)CN(CCC#N)c1ncnc(NN)c1C(C)C. The van der Waals surface area contributed by atoms with Crippen molar-refractivity contribution in [3.8, 4) is 6.07 Å². The summed E-state index contributed by atoms with van der Waals surface area (Å²) >= 11 is 0. The lowest BCUT2D eigenvalue weighted by molar-refractivity contribution is 0.603. The Hall–Kier alpha value is -1.87. The van der Waals surface area contributed by atoms with Gasteiger partial charge in [-0.1, -0.05) is 27.7 Å². The Morgan fingerprint density at radius 1 is 1.35 bits per heavy atom. The predicted octanol–water partition coefficient (Wildman–Crippen LogP) is 2.26. The number of hydrazine groups is 1. The molecular formula is C14H24N6. The molecule has 0 spiro atoms. The average molecular weight is 276 g/mol. The van der Waals surface area contributed by atoms with Gasteiger partial charge in [-0.3, -0.25) is 0 Å². The number of rotatable bonds is 7. The van der Waals surface area contributed by atoms with Gasteiger partial charge in [-0.2, -0.15) is 5.26 Å². The van der Waals surface area contributed by atoms with Crippen molar-refractivity contribution in [1.29, 1.82) is 5.26 Å². The molecule has 6 nitrogen and oxygen atoms in total. The molecule has 0 bridgehead atoms. The van der Waals surface area contributed by atoms with Gasteiger partial charge in [0.2, 0.25) is 0 Å². The Morgan fingerprint density at radius 3 is 2.55 bits per heavy atom. The van der Waals surface area contributed by atoms with Crippen LogP contribution in [0.3, 0.4) is 0 Å². The number of hydrogen-bond acceptors (Lipinski definition) is 6. The van der Waals surface area contributed by atoms with Crippen molar-refractivity contribution >= 4 is 11.6 Å². The summed E-state index contributed by atoms with van der Waals surface area (Å²) in [6.07, 6.45) is 1.98. The van der Waals surface area contributed by atoms with E-state index in [-0.39, 0.29) is 5.92 Å². The minimum Gasteiger partial charge on any atom is -0.355 e. The quantitative estimate of drug-likeness (QED) is 0.586. The first-order chi connectivity index (χ1) is 9.51. The second kappa shape index (κ2) is 7.65. The maximum absolute atomic E-state index is 8.83. The standard InChI is InChI=1S/C14H24N6/c1-10(2)8-20(7-5-6-15)14-12(11(3)4)13(19-16)17-9-18-14/h9-11H,5,7-8,16H2,1-4H3,(H,17,18,19). The third-order valence-corrected chi connectivity index (χ3v) is 2.96. The monoisotopic (exact) mass is 276 g/mol. The molecule has 0 saturated carbocycles. The molecule has 0 aromatic carbocycles. The Kier molecular flexibility index (Phi) is 6.19. The fraction of sp³-hybridized carbons (Fsp3) is 0.643. The lowest BCUT2D eigenvalue weighted by atomic mass is 10.0. The molecule has 1 aromatic rings. The van der Waals surface area contributed by atoms with E-state index in [1.807, 2.05) is 0 Å². The molecule has 0 amide bonds. The maximum atomic E-state index is 8.83. The summed E-state index contributed by atoms with van der Waals surface area (Å²) in [5.41, 5.74) is 3.63. The summed E-state index contributed by atoms with van der Waals surface area (Å²) < 4.78 is 0. The van der Waals surface area contributed by atoms with E-state index in [0.29, 0.717) is 24.7 Å². The summed E-state index contributed by atoms with van der Waals surface area (Å²) in [6.45, 7) is 9.98. The number of hydrogen-bond donors (Lipinski definition) is 2. The van der Waals surface area contributed by atoms with Gasteiger partial charge >= 0.3 is 0 Å². The molecule has 0 radical (unpaired) electrons. The molecule has 0 saturated heterocycles. The summed E-state index contributed by atoms with van der Waals surface area (Å²) in [4.78, 5) is 10.8. The summed E-state index contributed by atoms with van der Waals surface area (Å²) in [7, 11) is 0. The van der Waals surface area contributed by atoms with E-state index in [1.165, 1.54) is 6.33 Å². The van der Waals surface area contributed by atoms with E-state index >= 15 is 0 Å². The normalized spacial score (nSPS) is 10.7. The Balaban J connectivity index is 3.20. The summed E-state index contributed by atoms with van der Waals surface area (Å²) in [5.74, 6) is 7.79. The second-order valence-electron chi connectivity index (χ2n) is 5.51. The average Bonchev–Trinajstić information content (AvgIpc) is 2.41. The van der Waals surface area contributed by atoms with Crippen molar-refractivity contribution in [3.63, 3.8) is 0 Å². The topological polar surface area (TPSA) is 90.9 Å². The van der Waals surface area contributed by atoms with Gasteiger partial charge in [0.25, 0.3) is 0 Å². The molecule has 0 aliphatic heterocycles. The number of nitrogens with zero attached hydrogens (tertiary/aromatic N) is 4. The number of nitriles is 1. The first-order valence-electron chi connectivity index (χ1n) is 6.94. The first kappa shape index (κ1) is 16.2. The van der Waals surface area contributed by atoms with Crippen LogP contribution in [0.2, 0.25) is 0 Å². The van der Waals surface area contributed by atoms with Gasteiger partial charge in [0.05, 0.1) is 12.5 Å². The number of nitrogen functional groups attached to an aromatic ring is 1. The van der Waals surface area contributed by atoms with Crippen molar-refractivity contribution in [2.75, 3.05) is 23.4 Å². The van der Waals surface area contributed by atoms with Gasteiger partial charge in [-0.25, -0.2) is 15.8 Å². The maximum Gasteiger partial charge on any atom is 0.148 e. The van der Waals surface area contributed by atoms with E-state index in [4.69, 9.17) is 11.1 Å². The van der Waals surface area contributed by atoms with Crippen LogP contribution in [0.5, 0.6) is 0 Å². The molecule has 0 aliphatic carbocycles. The lowest BCUT2D eigenvalue weighted by Crippen LogP contribution is -2.31. The van der Waals surface area contributed by atoms with Gasteiger partial charge in [-0.15, -0.1) is 0 Å². The summed E-state index contributed by atoms with van der Waals surface area (Å²) in [5, 5.41) is 8.83. The van der Waals surface area contributed by atoms with E-state index in [9.17, 15) is 0 Å². The minimum atomic E-state index is 0.244. The van der Waals surface area contributed by atoms with Crippen LogP contribution in [0.15, 0.2) is 6.33 Å². The highest BCUT2D eigenvalue weighted by Crippen LogP contribution is 2.30. The molecule has 110 valence electrons. The van der Waals surface area contributed by atoms with Crippen LogP contribution in [0, 0.1) is 17.2 Å². The number of nitrogens with two attached hydrogens (primary N) is 1. The van der Waals surface area contributed by atoms with Crippen LogP contribution < -0.4 is 16.2 Å². The third kappa shape index (κ3) is 4.07. The van der Waals surface area contributed by atoms with Crippen LogP contribution in [0.25, 0.3) is 0 Å². The van der Waals surface area contributed by atoms with Crippen molar-refractivity contribution in [1.82, 2.24) is 9.97 Å². The van der Waals surface area contributed by atoms with Gasteiger partial charge < -0.3 is 10.3 Å². The Labute approximate surface area is 121 Å². The van der Waals surface area contributed by atoms with Crippen LogP contribution in [0.4, 0.5) is 11.6 Å². The largest absolute Gasteiger partial charge is 0.355 e. The fourth-order valence-corrected chi connectivity index (χ4v) is 2.19. The fourth-order valence-electron chi connectivity index (χ4n) is 2.19. The molecule has 1 aromatic heterocycles. The van der Waals surface area contributed by atoms with E-state index in [2.05, 4.69) is 54.1 Å². The van der Waals surface area contributed by atoms with Crippen molar-refractivity contribution in [3.05, 3.63) is 11.9 Å². The molecule has 20 heavy (non-hydrogen) atoms. The third-order valence-electron chi connectivity index (χ3n) is 2.96. The van der Waals surface area contributed by atoms with E-state index < -0.39 is 0 Å². The number of anilines is 2. The first-order valence-corrected chi connectivity index (χ1v) is 6.94. The smallest absolute Gasteiger partial charge is 0.148 e. The molecular weight excluding hydrogens is 252 g/mol. The van der Waals surface area contributed by atoms with Gasteiger partial charge in [0.15, 0.2) is 0 Å². The van der Waals surface area contributed by atoms with Crippen LogP contribution in [0.1, 0.15) is 45.6 Å². The van der Waals surface area contributed by atoms with Crippen molar-refractivity contribution in [2.24, 2.45) is 11.8 Å². The summed E-state index contributed by atoms with van der Waals surface area (Å²) in [6, 6.07) is 2.19. The minimum absolute atomic E-state index is 0.244. The molecule has 0 aliphatic rings. The Bertz CT molecular complexity index is 463.